The van der Waals surface area contributed by atoms with Gasteiger partial charge in [-0.25, -0.2) is 0 Å². The summed E-state index contributed by atoms with van der Waals surface area (Å²) in [5, 5.41) is 7.28. The standard InChI is InChI=1S/C20H41N5/c1-5-10-24-13-8-18(9-14-24)23-20(21-4)22-16-19(15-17(2)3)25-11-6-7-12-25/h17-19H,5-16H2,1-4H3,(H2,21,22,23). The Bertz CT molecular complexity index is 382. The Morgan fingerprint density at radius 2 is 1.80 bits per heavy atom. The van der Waals surface area contributed by atoms with Crippen molar-refractivity contribution in [3.8, 4) is 0 Å². The zero-order valence-corrected chi connectivity index (χ0v) is 17.1. The van der Waals surface area contributed by atoms with Crippen LogP contribution in [-0.4, -0.2) is 74.2 Å². The number of nitrogens with zero attached hydrogens (tertiary/aromatic N) is 3. The highest BCUT2D eigenvalue weighted by molar-refractivity contribution is 5.80. The fourth-order valence-corrected chi connectivity index (χ4v) is 4.23. The quantitative estimate of drug-likeness (QED) is 0.521. The first kappa shape index (κ1) is 20.5. The molecule has 1 atom stereocenters. The van der Waals surface area contributed by atoms with Gasteiger partial charge in [-0.1, -0.05) is 20.8 Å². The molecule has 2 aliphatic heterocycles. The van der Waals surface area contributed by atoms with Crippen molar-refractivity contribution in [2.75, 3.05) is 46.3 Å². The largest absolute Gasteiger partial charge is 0.355 e. The average molecular weight is 352 g/mol. The predicted octanol–water partition coefficient (Wildman–Crippen LogP) is 2.54. The zero-order valence-electron chi connectivity index (χ0n) is 17.1. The molecular formula is C20H41N5. The summed E-state index contributed by atoms with van der Waals surface area (Å²) in [5.74, 6) is 1.73. The molecule has 0 saturated carbocycles. The van der Waals surface area contributed by atoms with Crippen LogP contribution < -0.4 is 10.6 Å². The molecule has 5 nitrogen and oxygen atoms in total. The third kappa shape index (κ3) is 7.14. The van der Waals surface area contributed by atoms with E-state index in [9.17, 15) is 0 Å². The lowest BCUT2D eigenvalue weighted by Crippen LogP contribution is -2.51. The summed E-state index contributed by atoms with van der Waals surface area (Å²) in [4.78, 5) is 9.73. The van der Waals surface area contributed by atoms with Crippen LogP contribution in [0.25, 0.3) is 0 Å². The van der Waals surface area contributed by atoms with Gasteiger partial charge in [0.2, 0.25) is 0 Å². The monoisotopic (exact) mass is 351 g/mol. The minimum atomic E-state index is 0.564. The van der Waals surface area contributed by atoms with E-state index in [1.165, 1.54) is 71.2 Å². The molecule has 25 heavy (non-hydrogen) atoms. The molecule has 146 valence electrons. The van der Waals surface area contributed by atoms with Crippen molar-refractivity contribution < 1.29 is 0 Å². The summed E-state index contributed by atoms with van der Waals surface area (Å²) < 4.78 is 0. The normalized spacial score (nSPS) is 22.5. The van der Waals surface area contributed by atoms with E-state index in [2.05, 4.69) is 46.2 Å². The van der Waals surface area contributed by atoms with Crippen molar-refractivity contribution >= 4 is 5.96 Å². The van der Waals surface area contributed by atoms with Crippen LogP contribution in [-0.2, 0) is 0 Å². The first-order valence-electron chi connectivity index (χ1n) is 10.6. The molecule has 0 aromatic heterocycles. The van der Waals surface area contributed by atoms with Crippen LogP contribution >= 0.6 is 0 Å². The molecule has 1 unspecified atom stereocenters. The molecule has 0 bridgehead atoms. The van der Waals surface area contributed by atoms with Gasteiger partial charge in [0, 0.05) is 38.8 Å². The van der Waals surface area contributed by atoms with Gasteiger partial charge in [-0.2, -0.15) is 0 Å². The van der Waals surface area contributed by atoms with E-state index in [0.717, 1.165) is 18.4 Å². The minimum absolute atomic E-state index is 0.564. The topological polar surface area (TPSA) is 42.9 Å². The van der Waals surface area contributed by atoms with E-state index in [4.69, 9.17) is 0 Å². The Morgan fingerprint density at radius 1 is 1.12 bits per heavy atom. The Balaban J connectivity index is 1.76. The van der Waals surface area contributed by atoms with Crippen molar-refractivity contribution in [2.24, 2.45) is 10.9 Å². The lowest BCUT2D eigenvalue weighted by molar-refractivity contribution is 0.204. The minimum Gasteiger partial charge on any atom is -0.355 e. The van der Waals surface area contributed by atoms with E-state index in [1.807, 2.05) is 7.05 Å². The number of guanidine groups is 1. The molecule has 0 spiro atoms. The van der Waals surface area contributed by atoms with Gasteiger partial charge < -0.3 is 15.5 Å². The highest BCUT2D eigenvalue weighted by Gasteiger charge is 2.24. The van der Waals surface area contributed by atoms with Crippen molar-refractivity contribution in [1.29, 1.82) is 0 Å². The summed E-state index contributed by atoms with van der Waals surface area (Å²) in [7, 11) is 1.90. The van der Waals surface area contributed by atoms with Crippen LogP contribution in [0.15, 0.2) is 4.99 Å². The van der Waals surface area contributed by atoms with Crippen LogP contribution in [0.5, 0.6) is 0 Å². The van der Waals surface area contributed by atoms with Crippen molar-refractivity contribution in [3.05, 3.63) is 0 Å². The van der Waals surface area contributed by atoms with Crippen LogP contribution in [0, 0.1) is 5.92 Å². The Morgan fingerprint density at radius 3 is 2.36 bits per heavy atom. The summed E-state index contributed by atoms with van der Waals surface area (Å²) in [6.07, 6.45) is 7.69. The summed E-state index contributed by atoms with van der Waals surface area (Å²) in [5.41, 5.74) is 0. The third-order valence-corrected chi connectivity index (χ3v) is 5.60. The first-order valence-corrected chi connectivity index (χ1v) is 10.6. The number of likely N-dealkylation sites (tertiary alicyclic amines) is 2. The maximum atomic E-state index is 4.48. The van der Waals surface area contributed by atoms with Crippen molar-refractivity contribution in [3.63, 3.8) is 0 Å². The van der Waals surface area contributed by atoms with Gasteiger partial charge in [0.1, 0.15) is 0 Å². The smallest absolute Gasteiger partial charge is 0.191 e. The number of piperidine rings is 1. The summed E-state index contributed by atoms with van der Waals surface area (Å²) in [6.45, 7) is 14.1. The van der Waals surface area contributed by atoms with Gasteiger partial charge in [0.05, 0.1) is 0 Å². The molecule has 5 heteroatoms. The SMILES string of the molecule is CCCN1CCC(NC(=NC)NCC(CC(C)C)N2CCCC2)CC1. The maximum absolute atomic E-state index is 4.48. The number of hydrogen-bond donors (Lipinski definition) is 2. The van der Waals surface area contributed by atoms with Gasteiger partial charge in [0.25, 0.3) is 0 Å². The second-order valence-corrected chi connectivity index (χ2v) is 8.24. The molecule has 0 amide bonds. The van der Waals surface area contributed by atoms with Gasteiger partial charge in [-0.05, 0) is 64.1 Å². The van der Waals surface area contributed by atoms with Crippen LogP contribution in [0.1, 0.15) is 59.3 Å². The van der Waals surface area contributed by atoms with E-state index >= 15 is 0 Å². The maximum Gasteiger partial charge on any atom is 0.191 e. The Hall–Kier alpha value is -0.810. The molecular weight excluding hydrogens is 310 g/mol. The molecule has 2 fully saturated rings. The van der Waals surface area contributed by atoms with Gasteiger partial charge in [-0.15, -0.1) is 0 Å². The van der Waals surface area contributed by atoms with E-state index in [-0.39, 0.29) is 0 Å². The lowest BCUT2D eigenvalue weighted by atomic mass is 10.0. The number of aliphatic imine (C=N–C) groups is 1. The summed E-state index contributed by atoms with van der Waals surface area (Å²) in [6, 6.07) is 1.20. The highest BCUT2D eigenvalue weighted by atomic mass is 15.2. The molecule has 2 heterocycles. The number of rotatable bonds is 8. The number of hydrogen-bond acceptors (Lipinski definition) is 3. The third-order valence-electron chi connectivity index (χ3n) is 5.60. The summed E-state index contributed by atoms with van der Waals surface area (Å²) >= 11 is 0. The molecule has 0 radical (unpaired) electrons. The Kier molecular flexibility index (Phi) is 9.04. The highest BCUT2D eigenvalue weighted by Crippen LogP contribution is 2.17. The molecule has 0 aliphatic carbocycles. The lowest BCUT2D eigenvalue weighted by Gasteiger charge is -2.34. The second-order valence-electron chi connectivity index (χ2n) is 8.24. The van der Waals surface area contributed by atoms with Gasteiger partial charge >= 0.3 is 0 Å². The molecule has 2 aliphatic rings. The van der Waals surface area contributed by atoms with Crippen molar-refractivity contribution in [1.82, 2.24) is 20.4 Å². The second kappa shape index (κ2) is 11.0. The molecule has 2 N–H and O–H groups in total. The zero-order chi connectivity index (χ0) is 18.1. The fourth-order valence-electron chi connectivity index (χ4n) is 4.23. The molecule has 2 saturated heterocycles. The predicted molar refractivity (Wildman–Crippen MR) is 108 cm³/mol. The average Bonchev–Trinajstić information content (AvgIpc) is 3.13. The van der Waals surface area contributed by atoms with Crippen LogP contribution in [0.3, 0.4) is 0 Å². The van der Waals surface area contributed by atoms with E-state index < -0.39 is 0 Å². The first-order chi connectivity index (χ1) is 12.1. The van der Waals surface area contributed by atoms with E-state index in [1.54, 1.807) is 0 Å². The van der Waals surface area contributed by atoms with Gasteiger partial charge in [0.15, 0.2) is 5.96 Å². The fraction of sp³-hybridized carbons (Fsp3) is 0.950. The van der Waals surface area contributed by atoms with Crippen molar-refractivity contribution in [2.45, 2.75) is 71.4 Å². The number of nitrogens with one attached hydrogen (secondary N) is 2. The molecule has 0 aromatic rings. The van der Waals surface area contributed by atoms with Crippen LogP contribution in [0.4, 0.5) is 0 Å². The molecule has 2 rings (SSSR count). The van der Waals surface area contributed by atoms with Gasteiger partial charge in [-0.3, -0.25) is 9.89 Å². The van der Waals surface area contributed by atoms with E-state index in [0.29, 0.717) is 12.1 Å². The molecule has 0 aromatic carbocycles. The van der Waals surface area contributed by atoms with Crippen LogP contribution in [0.2, 0.25) is 0 Å². The Labute approximate surface area is 155 Å².